The van der Waals surface area contributed by atoms with Gasteiger partial charge >= 0.3 is 0 Å². The third kappa shape index (κ3) is 5.03. The van der Waals surface area contributed by atoms with Crippen molar-refractivity contribution in [1.29, 1.82) is 0 Å². The fourth-order valence-corrected chi connectivity index (χ4v) is 4.51. The Labute approximate surface area is 217 Å². The minimum absolute atomic E-state index is 0.00300. The number of aryl methyl sites for hydroxylation is 1. The molecular weight excluding hydrogens is 468 g/mol. The number of aliphatic hydroxyl groups is 1. The first-order valence-electron chi connectivity index (χ1n) is 12.1. The van der Waals surface area contributed by atoms with Crippen LogP contribution in [0.5, 0.6) is 11.5 Å². The maximum atomic E-state index is 13.4. The number of carbonyl (C=O) groups is 2. The number of anilines is 2. The molecule has 0 spiro atoms. The Hall–Kier alpha value is -4.26. The molecule has 7 nitrogen and oxygen atoms in total. The second-order valence-corrected chi connectivity index (χ2v) is 9.50. The molecule has 1 N–H and O–H groups in total. The van der Waals surface area contributed by atoms with Crippen molar-refractivity contribution in [3.8, 4) is 11.5 Å². The maximum Gasteiger partial charge on any atom is 0.300 e. The molecule has 1 unspecified atom stereocenters. The summed E-state index contributed by atoms with van der Waals surface area (Å²) in [6.07, 6.45) is 0.00300. The second-order valence-electron chi connectivity index (χ2n) is 9.50. The Morgan fingerprint density at radius 2 is 1.62 bits per heavy atom. The molecule has 7 heteroatoms. The SMILES string of the molecule is COc1ccc(/C(O)=C2/C(=O)C(=O)N(c3ccc(OC(C)C)cc3)C2c2ccc(N(C)C)cc2)cc1C. The molecule has 1 amide bonds. The first-order chi connectivity index (χ1) is 17.6. The number of amides is 1. The van der Waals surface area contributed by atoms with E-state index in [-0.39, 0.29) is 17.4 Å². The van der Waals surface area contributed by atoms with Crippen LogP contribution in [0.2, 0.25) is 0 Å². The number of carbonyl (C=O) groups excluding carboxylic acids is 2. The minimum atomic E-state index is -0.810. The van der Waals surface area contributed by atoms with E-state index in [0.717, 1.165) is 11.3 Å². The molecular formula is C30H32N2O5. The van der Waals surface area contributed by atoms with E-state index in [4.69, 9.17) is 9.47 Å². The van der Waals surface area contributed by atoms with E-state index in [2.05, 4.69) is 0 Å². The molecule has 0 aliphatic carbocycles. The summed E-state index contributed by atoms with van der Waals surface area (Å²) in [4.78, 5) is 30.2. The van der Waals surface area contributed by atoms with Crippen LogP contribution >= 0.6 is 0 Å². The summed E-state index contributed by atoms with van der Waals surface area (Å²) in [7, 11) is 5.45. The van der Waals surface area contributed by atoms with Crippen molar-refractivity contribution >= 4 is 28.8 Å². The smallest absolute Gasteiger partial charge is 0.300 e. The second kappa shape index (κ2) is 10.4. The molecule has 0 bridgehead atoms. The highest BCUT2D eigenvalue weighted by atomic mass is 16.5. The van der Waals surface area contributed by atoms with E-state index >= 15 is 0 Å². The van der Waals surface area contributed by atoms with E-state index in [0.29, 0.717) is 28.3 Å². The first-order valence-corrected chi connectivity index (χ1v) is 12.1. The summed E-state index contributed by atoms with van der Waals surface area (Å²) in [5.41, 5.74) is 3.49. The number of aliphatic hydroxyl groups excluding tert-OH is 1. The van der Waals surface area contributed by atoms with Crippen LogP contribution in [0, 0.1) is 6.92 Å². The number of nitrogens with zero attached hydrogens (tertiary/aromatic N) is 2. The highest BCUT2D eigenvalue weighted by molar-refractivity contribution is 6.51. The molecule has 0 saturated carbocycles. The van der Waals surface area contributed by atoms with E-state index in [1.165, 1.54) is 4.90 Å². The summed E-state index contributed by atoms with van der Waals surface area (Å²) < 4.78 is 11.1. The zero-order chi connectivity index (χ0) is 26.9. The monoisotopic (exact) mass is 500 g/mol. The van der Waals surface area contributed by atoms with Crippen molar-refractivity contribution in [2.75, 3.05) is 31.0 Å². The normalized spacial score (nSPS) is 16.8. The molecule has 4 rings (SSSR count). The molecule has 0 aromatic heterocycles. The molecule has 1 saturated heterocycles. The molecule has 1 fully saturated rings. The van der Waals surface area contributed by atoms with Crippen LogP contribution < -0.4 is 19.3 Å². The standard InChI is InChI=1S/C30H32N2O5/c1-18(2)37-24-14-12-23(13-15-24)32-27(20-7-10-22(11-8-20)31(4)5)26(29(34)30(32)35)28(33)21-9-16-25(36-6)19(3)17-21/h7-18,27,33H,1-6H3/b28-26-. The van der Waals surface area contributed by atoms with Crippen LogP contribution in [0.4, 0.5) is 11.4 Å². The summed E-state index contributed by atoms with van der Waals surface area (Å²) in [6.45, 7) is 5.72. The van der Waals surface area contributed by atoms with Gasteiger partial charge in [0, 0.05) is 31.0 Å². The van der Waals surface area contributed by atoms with Gasteiger partial charge in [-0.05, 0) is 86.5 Å². The zero-order valence-corrected chi connectivity index (χ0v) is 22.0. The van der Waals surface area contributed by atoms with Crippen molar-refractivity contribution in [3.05, 3.63) is 89.0 Å². The van der Waals surface area contributed by atoms with Crippen molar-refractivity contribution in [2.45, 2.75) is 32.9 Å². The molecule has 192 valence electrons. The highest BCUT2D eigenvalue weighted by Gasteiger charge is 2.47. The minimum Gasteiger partial charge on any atom is -0.507 e. The molecule has 3 aromatic carbocycles. The van der Waals surface area contributed by atoms with Gasteiger partial charge in [0.1, 0.15) is 17.3 Å². The number of methoxy groups -OCH3 is 1. The molecule has 1 aliphatic heterocycles. The Bertz CT molecular complexity index is 1340. The number of ether oxygens (including phenoxy) is 2. The molecule has 0 radical (unpaired) electrons. The van der Waals surface area contributed by atoms with Gasteiger partial charge in [0.15, 0.2) is 0 Å². The summed E-state index contributed by atoms with van der Waals surface area (Å²) in [6, 6.07) is 19.0. The van der Waals surface area contributed by atoms with Crippen LogP contribution in [0.1, 0.15) is 36.6 Å². The van der Waals surface area contributed by atoms with Crippen molar-refractivity contribution < 1.29 is 24.2 Å². The number of hydrogen-bond donors (Lipinski definition) is 1. The predicted octanol–water partition coefficient (Wildman–Crippen LogP) is 5.48. The van der Waals surface area contributed by atoms with Crippen LogP contribution in [0.25, 0.3) is 5.76 Å². The van der Waals surface area contributed by atoms with Crippen LogP contribution in [0.15, 0.2) is 72.3 Å². The fraction of sp³-hybridized carbons (Fsp3) is 0.267. The number of Topliss-reactive ketones (excluding diaryl/α,β-unsaturated/α-hetero) is 1. The summed E-state index contributed by atoms with van der Waals surface area (Å²) in [5, 5.41) is 11.4. The van der Waals surface area contributed by atoms with Gasteiger partial charge in [-0.15, -0.1) is 0 Å². The quantitative estimate of drug-likeness (QED) is 0.263. The van der Waals surface area contributed by atoms with Crippen molar-refractivity contribution in [1.82, 2.24) is 0 Å². The maximum absolute atomic E-state index is 13.4. The average Bonchev–Trinajstić information content (AvgIpc) is 3.14. The fourth-order valence-electron chi connectivity index (χ4n) is 4.51. The van der Waals surface area contributed by atoms with E-state index < -0.39 is 17.7 Å². The van der Waals surface area contributed by atoms with Gasteiger partial charge in [0.2, 0.25) is 0 Å². The lowest BCUT2D eigenvalue weighted by Crippen LogP contribution is -2.29. The van der Waals surface area contributed by atoms with Crippen molar-refractivity contribution in [2.24, 2.45) is 0 Å². The van der Waals surface area contributed by atoms with E-state index in [1.54, 1.807) is 49.6 Å². The largest absolute Gasteiger partial charge is 0.507 e. The third-order valence-corrected chi connectivity index (χ3v) is 6.32. The van der Waals surface area contributed by atoms with Crippen molar-refractivity contribution in [3.63, 3.8) is 0 Å². The van der Waals surface area contributed by atoms with Gasteiger partial charge in [-0.3, -0.25) is 14.5 Å². The Morgan fingerprint density at radius 3 is 2.16 bits per heavy atom. The van der Waals surface area contributed by atoms with Gasteiger partial charge in [-0.25, -0.2) is 0 Å². The van der Waals surface area contributed by atoms with Crippen LogP contribution in [-0.2, 0) is 9.59 Å². The van der Waals surface area contributed by atoms with Gasteiger partial charge in [0.05, 0.1) is 24.8 Å². The zero-order valence-electron chi connectivity index (χ0n) is 22.0. The van der Waals surface area contributed by atoms with Crippen LogP contribution in [-0.4, -0.2) is 44.1 Å². The lowest BCUT2D eigenvalue weighted by molar-refractivity contribution is -0.132. The molecule has 3 aromatic rings. The number of hydrogen-bond acceptors (Lipinski definition) is 6. The lowest BCUT2D eigenvalue weighted by Gasteiger charge is -2.26. The topological polar surface area (TPSA) is 79.3 Å². The predicted molar refractivity (Wildman–Crippen MR) is 145 cm³/mol. The van der Waals surface area contributed by atoms with E-state index in [9.17, 15) is 14.7 Å². The van der Waals surface area contributed by atoms with Gasteiger partial charge in [-0.1, -0.05) is 12.1 Å². The first kappa shape index (κ1) is 25.8. The molecule has 1 atom stereocenters. The number of rotatable bonds is 7. The molecule has 1 aliphatic rings. The Balaban J connectivity index is 1.87. The summed E-state index contributed by atoms with van der Waals surface area (Å²) >= 11 is 0. The van der Waals surface area contributed by atoms with Crippen LogP contribution in [0.3, 0.4) is 0 Å². The van der Waals surface area contributed by atoms with Gasteiger partial charge < -0.3 is 19.5 Å². The lowest BCUT2D eigenvalue weighted by atomic mass is 9.94. The third-order valence-electron chi connectivity index (χ3n) is 6.32. The Morgan fingerprint density at radius 1 is 0.973 bits per heavy atom. The number of ketones is 1. The number of benzene rings is 3. The molecule has 37 heavy (non-hydrogen) atoms. The highest BCUT2D eigenvalue weighted by Crippen LogP contribution is 2.43. The Kier molecular flexibility index (Phi) is 7.25. The van der Waals surface area contributed by atoms with Gasteiger partial charge in [0.25, 0.3) is 11.7 Å². The van der Waals surface area contributed by atoms with Gasteiger partial charge in [-0.2, -0.15) is 0 Å². The van der Waals surface area contributed by atoms with E-state index in [1.807, 2.05) is 64.0 Å². The average molecular weight is 501 g/mol. The molecule has 1 heterocycles. The summed E-state index contributed by atoms with van der Waals surface area (Å²) in [5.74, 6) is -0.346.